The Hall–Kier alpha value is -2.22. The van der Waals surface area contributed by atoms with Gasteiger partial charge in [-0.25, -0.2) is 0 Å². The fraction of sp³-hybridized carbons (Fsp3) is 0.316. The van der Waals surface area contributed by atoms with Gasteiger partial charge in [0.25, 0.3) is 11.7 Å². The number of nitrogens with one attached hydrogen (secondary N) is 1. The Morgan fingerprint density at radius 3 is 2.59 bits per heavy atom. The zero-order valence-corrected chi connectivity index (χ0v) is 16.3. The van der Waals surface area contributed by atoms with Crippen LogP contribution in [0.2, 0.25) is 5.02 Å². The Morgan fingerprint density at radius 2 is 1.85 bits per heavy atom. The number of thiophene rings is 1. The third-order valence-corrected chi connectivity index (χ3v) is 5.53. The molecule has 27 heavy (non-hydrogen) atoms. The van der Waals surface area contributed by atoms with Gasteiger partial charge in [-0.2, -0.15) is 0 Å². The van der Waals surface area contributed by atoms with Gasteiger partial charge in [-0.15, -0.1) is 11.3 Å². The molecule has 2 heterocycles. The number of para-hydroxylation sites is 1. The molecule has 0 spiro atoms. The maximum Gasteiger partial charge on any atom is 0.295 e. The number of Topliss-reactive ketones (excluding diaryl/α,β-unsaturated/α-hetero) is 1. The highest BCUT2D eigenvalue weighted by Gasteiger charge is 2.26. The first-order valence-electron chi connectivity index (χ1n) is 8.68. The van der Waals surface area contributed by atoms with Crippen molar-refractivity contribution in [2.75, 3.05) is 38.0 Å². The molecule has 142 valence electrons. The average Bonchev–Trinajstić information content (AvgIpc) is 3.10. The van der Waals surface area contributed by atoms with Crippen LogP contribution in [0.3, 0.4) is 0 Å². The summed E-state index contributed by atoms with van der Waals surface area (Å²) in [6.07, 6.45) is 0.711. The molecule has 1 saturated heterocycles. The number of nitrogens with zero attached hydrogens (tertiary/aromatic N) is 2. The van der Waals surface area contributed by atoms with Crippen molar-refractivity contribution in [3.63, 3.8) is 0 Å². The van der Waals surface area contributed by atoms with Crippen LogP contribution in [0.1, 0.15) is 16.1 Å². The molecule has 0 unspecified atom stereocenters. The predicted molar refractivity (Wildman–Crippen MR) is 106 cm³/mol. The SMILES string of the molecule is O=C(CN1CCCN(C(=O)C(=O)c2cccs2)CC1)Nc1ccccc1Cl. The lowest BCUT2D eigenvalue weighted by atomic mass is 10.2. The highest BCUT2D eigenvalue weighted by molar-refractivity contribution is 7.13. The second kappa shape index (κ2) is 9.12. The Balaban J connectivity index is 1.52. The van der Waals surface area contributed by atoms with Crippen LogP contribution in [-0.2, 0) is 9.59 Å². The van der Waals surface area contributed by atoms with Gasteiger partial charge in [-0.3, -0.25) is 19.3 Å². The molecule has 3 rings (SSSR count). The third-order valence-electron chi connectivity index (χ3n) is 4.33. The summed E-state index contributed by atoms with van der Waals surface area (Å²) in [5.74, 6) is -1.09. The number of benzene rings is 1. The number of carbonyl (C=O) groups is 3. The molecule has 1 aromatic carbocycles. The van der Waals surface area contributed by atoms with E-state index >= 15 is 0 Å². The van der Waals surface area contributed by atoms with Gasteiger partial charge in [-0.1, -0.05) is 29.8 Å². The highest BCUT2D eigenvalue weighted by Crippen LogP contribution is 2.20. The van der Waals surface area contributed by atoms with E-state index in [1.807, 2.05) is 11.0 Å². The van der Waals surface area contributed by atoms with Crippen molar-refractivity contribution < 1.29 is 14.4 Å². The number of hydrogen-bond acceptors (Lipinski definition) is 5. The van der Waals surface area contributed by atoms with Crippen LogP contribution in [-0.4, -0.2) is 60.1 Å². The Labute approximate surface area is 166 Å². The molecule has 1 aliphatic heterocycles. The van der Waals surface area contributed by atoms with E-state index in [0.29, 0.717) is 48.2 Å². The maximum atomic E-state index is 12.4. The second-order valence-corrected chi connectivity index (χ2v) is 7.61. The molecule has 0 radical (unpaired) electrons. The average molecular weight is 406 g/mol. The number of carbonyl (C=O) groups excluding carboxylic acids is 3. The molecule has 1 aromatic heterocycles. The topological polar surface area (TPSA) is 69.7 Å². The van der Waals surface area contributed by atoms with Crippen molar-refractivity contribution in [1.82, 2.24) is 9.80 Å². The van der Waals surface area contributed by atoms with E-state index < -0.39 is 11.7 Å². The Morgan fingerprint density at radius 1 is 1.04 bits per heavy atom. The minimum atomic E-state index is -0.472. The zero-order valence-electron chi connectivity index (χ0n) is 14.7. The van der Waals surface area contributed by atoms with Gasteiger partial charge in [-0.05, 0) is 30.0 Å². The summed E-state index contributed by atoms with van der Waals surface area (Å²) < 4.78 is 0. The van der Waals surface area contributed by atoms with Crippen LogP contribution in [0, 0.1) is 0 Å². The third kappa shape index (κ3) is 5.15. The molecule has 2 aromatic rings. The molecule has 1 aliphatic rings. The molecular formula is C19H20ClN3O3S. The van der Waals surface area contributed by atoms with Crippen molar-refractivity contribution in [1.29, 1.82) is 0 Å². The van der Waals surface area contributed by atoms with Crippen LogP contribution in [0.5, 0.6) is 0 Å². The van der Waals surface area contributed by atoms with Gasteiger partial charge < -0.3 is 10.2 Å². The number of hydrogen-bond donors (Lipinski definition) is 1. The molecule has 1 fully saturated rings. The van der Waals surface area contributed by atoms with Crippen molar-refractivity contribution in [2.45, 2.75) is 6.42 Å². The minimum absolute atomic E-state index is 0.155. The van der Waals surface area contributed by atoms with E-state index in [2.05, 4.69) is 5.32 Å². The molecule has 2 amide bonds. The molecule has 0 aliphatic carbocycles. The smallest absolute Gasteiger partial charge is 0.295 e. The molecule has 6 nitrogen and oxygen atoms in total. The van der Waals surface area contributed by atoms with Gasteiger partial charge in [0.1, 0.15) is 0 Å². The van der Waals surface area contributed by atoms with Crippen molar-refractivity contribution in [3.8, 4) is 0 Å². The lowest BCUT2D eigenvalue weighted by Gasteiger charge is -2.21. The maximum absolute atomic E-state index is 12.4. The minimum Gasteiger partial charge on any atom is -0.334 e. The first kappa shape index (κ1) is 19.5. The normalized spacial score (nSPS) is 15.2. The summed E-state index contributed by atoms with van der Waals surface area (Å²) in [5.41, 5.74) is 0.581. The standard InChI is InChI=1S/C19H20ClN3O3S/c20-14-5-1-2-6-15(14)21-17(24)13-22-8-4-9-23(11-10-22)19(26)18(25)16-7-3-12-27-16/h1-3,5-7,12H,4,8-11,13H2,(H,21,24). The molecule has 0 atom stereocenters. The van der Waals surface area contributed by atoms with Crippen LogP contribution in [0.4, 0.5) is 5.69 Å². The largest absolute Gasteiger partial charge is 0.334 e. The molecule has 0 bridgehead atoms. The van der Waals surface area contributed by atoms with Gasteiger partial charge in [0.05, 0.1) is 22.1 Å². The van der Waals surface area contributed by atoms with Crippen LogP contribution in [0.15, 0.2) is 41.8 Å². The van der Waals surface area contributed by atoms with E-state index in [1.54, 1.807) is 40.6 Å². The van der Waals surface area contributed by atoms with Crippen LogP contribution >= 0.6 is 22.9 Å². The summed E-state index contributed by atoms with van der Waals surface area (Å²) >= 11 is 7.33. The summed E-state index contributed by atoms with van der Waals surface area (Å²) in [7, 11) is 0. The monoisotopic (exact) mass is 405 g/mol. The lowest BCUT2D eigenvalue weighted by Crippen LogP contribution is -2.40. The van der Waals surface area contributed by atoms with E-state index in [4.69, 9.17) is 11.6 Å². The lowest BCUT2D eigenvalue weighted by molar-refractivity contribution is -0.126. The summed E-state index contributed by atoms with van der Waals surface area (Å²) in [6, 6.07) is 10.5. The molecule has 1 N–H and O–H groups in total. The Kier molecular flexibility index (Phi) is 6.60. The Bertz CT molecular complexity index is 825. The first-order valence-corrected chi connectivity index (χ1v) is 9.94. The molecule has 0 saturated carbocycles. The summed E-state index contributed by atoms with van der Waals surface area (Å²) in [6.45, 7) is 2.38. The first-order chi connectivity index (χ1) is 13.0. The van der Waals surface area contributed by atoms with Crippen molar-refractivity contribution in [2.24, 2.45) is 0 Å². The molecular weight excluding hydrogens is 386 g/mol. The number of anilines is 1. The number of ketones is 1. The van der Waals surface area contributed by atoms with Gasteiger partial charge in [0.15, 0.2) is 0 Å². The summed E-state index contributed by atoms with van der Waals surface area (Å²) in [4.78, 5) is 41.0. The van der Waals surface area contributed by atoms with Crippen molar-refractivity contribution >= 4 is 46.2 Å². The highest BCUT2D eigenvalue weighted by atomic mass is 35.5. The van der Waals surface area contributed by atoms with Gasteiger partial charge in [0.2, 0.25) is 5.91 Å². The molecule has 8 heteroatoms. The fourth-order valence-electron chi connectivity index (χ4n) is 2.94. The van der Waals surface area contributed by atoms with E-state index in [-0.39, 0.29) is 12.5 Å². The van der Waals surface area contributed by atoms with Crippen LogP contribution in [0.25, 0.3) is 0 Å². The van der Waals surface area contributed by atoms with Crippen molar-refractivity contribution in [3.05, 3.63) is 51.7 Å². The van der Waals surface area contributed by atoms with E-state index in [0.717, 1.165) is 0 Å². The van der Waals surface area contributed by atoms with Gasteiger partial charge >= 0.3 is 0 Å². The van der Waals surface area contributed by atoms with E-state index in [1.165, 1.54) is 11.3 Å². The summed E-state index contributed by atoms with van der Waals surface area (Å²) in [5, 5.41) is 5.07. The van der Waals surface area contributed by atoms with Gasteiger partial charge in [0, 0.05) is 26.2 Å². The number of amides is 2. The quantitative estimate of drug-likeness (QED) is 0.613. The fourth-order valence-corrected chi connectivity index (χ4v) is 3.78. The zero-order chi connectivity index (χ0) is 19.2. The predicted octanol–water partition coefficient (Wildman–Crippen LogP) is 2.76. The second-order valence-electron chi connectivity index (χ2n) is 6.26. The van der Waals surface area contributed by atoms with E-state index in [9.17, 15) is 14.4 Å². The van der Waals surface area contributed by atoms with Crippen LogP contribution < -0.4 is 5.32 Å². The number of rotatable bonds is 5. The number of halogens is 1.